The third-order valence-corrected chi connectivity index (χ3v) is 2.18. The summed E-state index contributed by atoms with van der Waals surface area (Å²) in [5.41, 5.74) is 0.297. The number of esters is 1. The molecule has 0 spiro atoms. The van der Waals surface area contributed by atoms with Crippen molar-refractivity contribution in [3.05, 3.63) is 11.6 Å². The fraction of sp³-hybridized carbons (Fsp3) is 0.667. The van der Waals surface area contributed by atoms with Crippen LogP contribution < -0.4 is 0 Å². The smallest absolute Gasteiger partial charge is 0.320 e. The number of rotatable bonds is 3. The highest BCUT2D eigenvalue weighted by atomic mass is 16.6. The SMILES string of the molecule is CC(C)(C)OC(=O)CN1CCC=C(C=O)C1. The maximum Gasteiger partial charge on any atom is 0.320 e. The molecule has 0 N–H and O–H groups in total. The van der Waals surface area contributed by atoms with Crippen LogP contribution in [0.2, 0.25) is 0 Å². The number of nitrogens with zero attached hydrogens (tertiary/aromatic N) is 1. The Morgan fingerprint density at radius 1 is 1.56 bits per heavy atom. The topological polar surface area (TPSA) is 46.6 Å². The summed E-state index contributed by atoms with van der Waals surface area (Å²) < 4.78 is 5.22. The Bertz CT molecular complexity index is 302. The van der Waals surface area contributed by atoms with Crippen molar-refractivity contribution in [3.8, 4) is 0 Å². The van der Waals surface area contributed by atoms with Gasteiger partial charge in [0, 0.05) is 18.7 Å². The molecule has 0 bridgehead atoms. The van der Waals surface area contributed by atoms with Gasteiger partial charge in [-0.05, 0) is 27.2 Å². The van der Waals surface area contributed by atoms with E-state index in [4.69, 9.17) is 4.74 Å². The van der Waals surface area contributed by atoms with Crippen molar-refractivity contribution < 1.29 is 14.3 Å². The molecule has 0 aromatic rings. The predicted molar refractivity (Wildman–Crippen MR) is 61.0 cm³/mol. The molecule has 0 radical (unpaired) electrons. The Labute approximate surface area is 96.3 Å². The zero-order chi connectivity index (χ0) is 12.2. The van der Waals surface area contributed by atoms with Gasteiger partial charge in [0.05, 0.1) is 6.54 Å². The largest absolute Gasteiger partial charge is 0.459 e. The third-order valence-electron chi connectivity index (χ3n) is 2.18. The van der Waals surface area contributed by atoms with Crippen molar-refractivity contribution in [1.82, 2.24) is 4.90 Å². The molecule has 0 fully saturated rings. The van der Waals surface area contributed by atoms with Crippen LogP contribution in [0.3, 0.4) is 0 Å². The van der Waals surface area contributed by atoms with Gasteiger partial charge in [-0.1, -0.05) is 6.08 Å². The highest BCUT2D eigenvalue weighted by Crippen LogP contribution is 2.10. The Kier molecular flexibility index (Phi) is 4.24. The predicted octanol–water partition coefficient (Wildman–Crippen LogP) is 1.16. The van der Waals surface area contributed by atoms with E-state index in [2.05, 4.69) is 0 Å². The van der Waals surface area contributed by atoms with E-state index < -0.39 is 5.60 Å². The lowest BCUT2D eigenvalue weighted by Crippen LogP contribution is -2.38. The molecule has 0 aromatic heterocycles. The quantitative estimate of drug-likeness (QED) is 0.534. The Morgan fingerprint density at radius 3 is 2.81 bits per heavy atom. The van der Waals surface area contributed by atoms with Crippen LogP contribution in [0.1, 0.15) is 27.2 Å². The van der Waals surface area contributed by atoms with E-state index >= 15 is 0 Å². The van der Waals surface area contributed by atoms with Crippen LogP contribution in [0.5, 0.6) is 0 Å². The van der Waals surface area contributed by atoms with Gasteiger partial charge in [0.15, 0.2) is 0 Å². The number of hydrogen-bond donors (Lipinski definition) is 0. The molecule has 0 aromatic carbocycles. The molecule has 1 aliphatic rings. The standard InChI is InChI=1S/C12H19NO3/c1-12(2,3)16-11(15)8-13-6-4-5-10(7-13)9-14/h5,9H,4,6-8H2,1-3H3. The molecule has 1 aliphatic heterocycles. The molecule has 4 nitrogen and oxygen atoms in total. The molecule has 0 amide bonds. The summed E-state index contributed by atoms with van der Waals surface area (Å²) in [4.78, 5) is 24.1. The summed E-state index contributed by atoms with van der Waals surface area (Å²) in [6, 6.07) is 0. The molecule has 1 heterocycles. The average Bonchev–Trinajstić information content (AvgIpc) is 2.15. The Morgan fingerprint density at radius 2 is 2.25 bits per heavy atom. The molecule has 90 valence electrons. The van der Waals surface area contributed by atoms with E-state index in [1.807, 2.05) is 31.7 Å². The Hall–Kier alpha value is -1.16. The first-order valence-electron chi connectivity index (χ1n) is 5.49. The third kappa shape index (κ3) is 4.57. The zero-order valence-electron chi connectivity index (χ0n) is 10.2. The molecule has 0 aliphatic carbocycles. The van der Waals surface area contributed by atoms with E-state index in [0.717, 1.165) is 24.8 Å². The van der Waals surface area contributed by atoms with E-state index in [-0.39, 0.29) is 12.5 Å². The molecule has 0 saturated heterocycles. The highest BCUT2D eigenvalue weighted by molar-refractivity contribution is 5.75. The monoisotopic (exact) mass is 225 g/mol. The zero-order valence-corrected chi connectivity index (χ0v) is 10.2. The van der Waals surface area contributed by atoms with E-state index in [9.17, 15) is 9.59 Å². The first-order valence-corrected chi connectivity index (χ1v) is 5.49. The van der Waals surface area contributed by atoms with Gasteiger partial charge in [-0.2, -0.15) is 0 Å². The summed E-state index contributed by atoms with van der Waals surface area (Å²) in [5, 5.41) is 0. The van der Waals surface area contributed by atoms with Crippen molar-refractivity contribution in [2.24, 2.45) is 0 Å². The van der Waals surface area contributed by atoms with Crippen LogP contribution in [0.15, 0.2) is 11.6 Å². The van der Waals surface area contributed by atoms with Gasteiger partial charge in [0.1, 0.15) is 11.9 Å². The first kappa shape index (κ1) is 12.9. The van der Waals surface area contributed by atoms with Crippen LogP contribution >= 0.6 is 0 Å². The van der Waals surface area contributed by atoms with Crippen molar-refractivity contribution >= 4 is 12.3 Å². The van der Waals surface area contributed by atoms with Crippen LogP contribution in [0, 0.1) is 0 Å². The fourth-order valence-electron chi connectivity index (χ4n) is 1.61. The molecular formula is C12H19NO3. The minimum atomic E-state index is -0.448. The summed E-state index contributed by atoms with van der Waals surface area (Å²) in [6.07, 6.45) is 3.58. The lowest BCUT2D eigenvalue weighted by atomic mass is 10.1. The van der Waals surface area contributed by atoms with Crippen molar-refractivity contribution in [2.75, 3.05) is 19.6 Å². The number of aldehydes is 1. The fourth-order valence-corrected chi connectivity index (χ4v) is 1.61. The van der Waals surface area contributed by atoms with Crippen molar-refractivity contribution in [3.63, 3.8) is 0 Å². The summed E-state index contributed by atoms with van der Waals surface area (Å²) in [5.74, 6) is -0.236. The molecule has 0 saturated carbocycles. The van der Waals surface area contributed by atoms with Gasteiger partial charge >= 0.3 is 5.97 Å². The Balaban J connectivity index is 2.41. The summed E-state index contributed by atoms with van der Waals surface area (Å²) >= 11 is 0. The summed E-state index contributed by atoms with van der Waals surface area (Å²) in [6.45, 7) is 7.13. The van der Waals surface area contributed by atoms with Gasteiger partial charge in [-0.15, -0.1) is 0 Å². The van der Waals surface area contributed by atoms with Gasteiger partial charge in [0.25, 0.3) is 0 Å². The second kappa shape index (κ2) is 5.25. The van der Waals surface area contributed by atoms with Crippen molar-refractivity contribution in [1.29, 1.82) is 0 Å². The maximum absolute atomic E-state index is 11.6. The molecule has 16 heavy (non-hydrogen) atoms. The molecule has 1 rings (SSSR count). The average molecular weight is 225 g/mol. The van der Waals surface area contributed by atoms with Crippen LogP contribution in [0.25, 0.3) is 0 Å². The highest BCUT2D eigenvalue weighted by Gasteiger charge is 2.20. The summed E-state index contributed by atoms with van der Waals surface area (Å²) in [7, 11) is 0. The van der Waals surface area contributed by atoms with Crippen LogP contribution in [-0.2, 0) is 14.3 Å². The second-order valence-electron chi connectivity index (χ2n) is 4.98. The molecular weight excluding hydrogens is 206 g/mol. The van der Waals surface area contributed by atoms with E-state index in [1.165, 1.54) is 0 Å². The lowest BCUT2D eigenvalue weighted by molar-refractivity contribution is -0.156. The normalized spacial score (nSPS) is 17.8. The molecule has 4 heteroatoms. The maximum atomic E-state index is 11.6. The number of hydrogen-bond acceptors (Lipinski definition) is 4. The van der Waals surface area contributed by atoms with Gasteiger partial charge in [-0.25, -0.2) is 0 Å². The number of carbonyl (C=O) groups is 2. The number of carbonyl (C=O) groups excluding carboxylic acids is 2. The molecule has 0 atom stereocenters. The lowest BCUT2D eigenvalue weighted by Gasteiger charge is -2.26. The second-order valence-corrected chi connectivity index (χ2v) is 4.98. The first-order chi connectivity index (χ1) is 7.40. The van der Waals surface area contributed by atoms with Crippen LogP contribution in [-0.4, -0.2) is 42.4 Å². The minimum absolute atomic E-state index is 0.236. The molecule has 0 unspecified atom stereocenters. The van der Waals surface area contributed by atoms with E-state index in [1.54, 1.807) is 0 Å². The van der Waals surface area contributed by atoms with Gasteiger partial charge in [-0.3, -0.25) is 14.5 Å². The van der Waals surface area contributed by atoms with Gasteiger partial charge < -0.3 is 4.74 Å². The van der Waals surface area contributed by atoms with Gasteiger partial charge in [0.2, 0.25) is 0 Å². The van der Waals surface area contributed by atoms with Crippen LogP contribution in [0.4, 0.5) is 0 Å². The van der Waals surface area contributed by atoms with Crippen molar-refractivity contribution in [2.45, 2.75) is 32.8 Å². The minimum Gasteiger partial charge on any atom is -0.459 e. The van der Waals surface area contributed by atoms with E-state index in [0.29, 0.717) is 6.54 Å². The number of ether oxygens (including phenoxy) is 1.